The van der Waals surface area contributed by atoms with Gasteiger partial charge in [0, 0.05) is 0 Å². The van der Waals surface area contributed by atoms with Crippen LogP contribution in [0.1, 0.15) is 6.42 Å². The van der Waals surface area contributed by atoms with E-state index in [4.69, 9.17) is 0 Å². The molecule has 0 aromatic heterocycles. The summed E-state index contributed by atoms with van der Waals surface area (Å²) in [5.41, 5.74) is 0. The minimum atomic E-state index is -2.88. The van der Waals surface area contributed by atoms with Crippen LogP contribution in [-0.4, -0.2) is 23.8 Å². The molecule has 0 unspecified atom stereocenters. The van der Waals surface area contributed by atoms with Gasteiger partial charge in [0.25, 0.3) is 0 Å². The molecule has 0 aromatic carbocycles. The van der Waals surface area contributed by atoms with Crippen molar-refractivity contribution in [3.63, 3.8) is 0 Å². The van der Waals surface area contributed by atoms with Gasteiger partial charge in [-0.3, -0.25) is 0 Å². The maximum atomic E-state index is 2.54. The molecule has 0 saturated heterocycles. The van der Waals surface area contributed by atoms with E-state index < -0.39 is 14.0 Å². The van der Waals surface area contributed by atoms with E-state index in [1.54, 1.807) is 3.88 Å². The van der Waals surface area contributed by atoms with Crippen molar-refractivity contribution in [3.8, 4) is 0 Å². The average Bonchev–Trinajstić information content (AvgIpc) is 2.28. The molecule has 0 aliphatic heterocycles. The molecule has 0 atom stereocenters. The third-order valence-electron chi connectivity index (χ3n) is 3.31. The monoisotopic (exact) mass is 303 g/mol. The molecular formula is C12H27Cl2NTi. The Bertz CT molecular complexity index is 308. The number of hydrogen-bond acceptors (Lipinski definition) is 1. The molecular weight excluding hydrogens is 277 g/mol. The second kappa shape index (κ2) is 4.78. The molecule has 0 amide bonds. The van der Waals surface area contributed by atoms with Crippen LogP contribution in [0, 0.1) is 0 Å². The molecule has 1 aliphatic rings. The summed E-state index contributed by atoms with van der Waals surface area (Å²) >= 11 is -2.88. The molecule has 0 heterocycles. The van der Waals surface area contributed by atoms with Gasteiger partial charge in [0.15, 0.2) is 0 Å². The van der Waals surface area contributed by atoms with Gasteiger partial charge < -0.3 is 0 Å². The summed E-state index contributed by atoms with van der Waals surface area (Å²) in [6.07, 6.45) is 8.04. The molecule has 0 saturated carbocycles. The van der Waals surface area contributed by atoms with Gasteiger partial charge in [-0.1, -0.05) is 0 Å². The summed E-state index contributed by atoms with van der Waals surface area (Å²) in [6, 6.07) is 0. The van der Waals surface area contributed by atoms with Crippen molar-refractivity contribution < 1.29 is 14.0 Å². The average molecular weight is 304 g/mol. The zero-order valence-electron chi connectivity index (χ0n) is 11.4. The Morgan fingerprint density at radius 2 is 1.62 bits per heavy atom. The maximum Gasteiger partial charge on any atom is -0.147 e. The predicted molar refractivity (Wildman–Crippen MR) is 78.3 cm³/mol. The number of nitrogens with zero attached hydrogens (tertiary/aromatic N) is 1. The topological polar surface area (TPSA) is 3.24 Å². The van der Waals surface area contributed by atoms with Crippen molar-refractivity contribution in [1.82, 2.24) is 4.90 Å². The molecule has 0 fully saturated rings. The number of allylic oxidation sites excluding steroid dienone is 4. The number of halogens is 2. The SMILES string of the molecule is CN(C)[CH2][Ti]([CH3])([CH3])([CH3])([CH3])[C]1=CC=CC1.Cl.Cl. The van der Waals surface area contributed by atoms with E-state index in [0.29, 0.717) is 0 Å². The minimum Gasteiger partial charge on any atom is -0.147 e. The Labute approximate surface area is 112 Å². The second-order valence-electron chi connectivity index (χ2n) is 8.15. The van der Waals surface area contributed by atoms with E-state index in [9.17, 15) is 0 Å². The summed E-state index contributed by atoms with van der Waals surface area (Å²) in [5, 5.41) is 10.2. The van der Waals surface area contributed by atoms with E-state index in [1.165, 1.54) is 11.3 Å². The standard InChI is InChI=1S/C5H5.C3H8N.4CH3.2ClH.Ti/c1-2-4-5-3-1;1-4(2)3;;;;;;;/h1-3H,4H2;1H2,2-3H3;4*1H3;2*1H;. The van der Waals surface area contributed by atoms with Gasteiger partial charge in [-0.25, -0.2) is 0 Å². The molecule has 16 heavy (non-hydrogen) atoms. The third-order valence-corrected chi connectivity index (χ3v) is 11.8. The molecule has 4 heteroatoms. The molecule has 1 nitrogen and oxygen atoms in total. The van der Waals surface area contributed by atoms with Crippen LogP contribution in [0.2, 0.25) is 20.9 Å². The summed E-state index contributed by atoms with van der Waals surface area (Å²) in [7, 11) is 4.37. The van der Waals surface area contributed by atoms with E-state index in [-0.39, 0.29) is 24.8 Å². The van der Waals surface area contributed by atoms with Crippen molar-refractivity contribution in [2.45, 2.75) is 27.3 Å². The van der Waals surface area contributed by atoms with Crippen LogP contribution in [0.5, 0.6) is 0 Å². The van der Waals surface area contributed by atoms with Crippen LogP contribution in [-0.2, 0) is 14.0 Å². The van der Waals surface area contributed by atoms with Crippen LogP contribution in [0.4, 0.5) is 0 Å². The van der Waals surface area contributed by atoms with Crippen molar-refractivity contribution in [2.24, 2.45) is 0 Å². The second-order valence-corrected chi connectivity index (χ2v) is 27.1. The van der Waals surface area contributed by atoms with Crippen molar-refractivity contribution in [1.29, 1.82) is 0 Å². The first-order chi connectivity index (χ1) is 6.04. The quantitative estimate of drug-likeness (QED) is 0.688. The van der Waals surface area contributed by atoms with Gasteiger partial charge >= 0.3 is 87.3 Å². The van der Waals surface area contributed by atoms with Crippen LogP contribution < -0.4 is 0 Å². The van der Waals surface area contributed by atoms with E-state index in [2.05, 4.69) is 58.1 Å². The molecule has 0 radical (unpaired) electrons. The Kier molecular flexibility index (Phi) is 5.70. The van der Waals surface area contributed by atoms with Crippen molar-refractivity contribution >= 4 is 24.8 Å². The van der Waals surface area contributed by atoms with E-state index in [1.807, 2.05) is 0 Å². The molecule has 0 bridgehead atoms. The largest absolute Gasteiger partial charge is 0.147 e. The van der Waals surface area contributed by atoms with Gasteiger partial charge in [-0.2, -0.15) is 0 Å². The first-order valence-electron chi connectivity index (χ1n) is 5.53. The fourth-order valence-corrected chi connectivity index (χ4v) is 10.7. The van der Waals surface area contributed by atoms with Crippen LogP contribution in [0.25, 0.3) is 0 Å². The zero-order chi connectivity index (χ0) is 11.1. The number of hydrogen-bond donors (Lipinski definition) is 0. The normalized spacial score (nSPS) is 19.3. The summed E-state index contributed by atoms with van der Waals surface area (Å²) in [5.74, 6) is 0. The fourth-order valence-electron chi connectivity index (χ4n) is 2.84. The Hall–Kier alpha value is 0.734. The van der Waals surface area contributed by atoms with Crippen LogP contribution >= 0.6 is 24.8 Å². The van der Waals surface area contributed by atoms with Crippen molar-refractivity contribution in [3.05, 3.63) is 22.1 Å². The molecule has 98 valence electrons. The zero-order valence-corrected chi connectivity index (χ0v) is 14.6. The van der Waals surface area contributed by atoms with Gasteiger partial charge in [-0.05, 0) is 0 Å². The van der Waals surface area contributed by atoms with E-state index in [0.717, 1.165) is 0 Å². The fraction of sp³-hybridized carbons (Fsp3) is 0.667. The van der Waals surface area contributed by atoms with Crippen LogP contribution in [0.3, 0.4) is 0 Å². The Morgan fingerprint density at radius 3 is 1.94 bits per heavy atom. The molecule has 0 aromatic rings. The van der Waals surface area contributed by atoms with E-state index >= 15 is 0 Å². The maximum absolute atomic E-state index is 2.88. The first-order valence-corrected chi connectivity index (χ1v) is 13.7. The summed E-state index contributed by atoms with van der Waals surface area (Å²) in [6.45, 7) is 0. The van der Waals surface area contributed by atoms with Gasteiger partial charge in [0.05, 0.1) is 0 Å². The third kappa shape index (κ3) is 4.54. The smallest absolute Gasteiger partial charge is 0.147 e. The summed E-state index contributed by atoms with van der Waals surface area (Å²) < 4.78 is 1.71. The molecule has 0 N–H and O–H groups in total. The molecule has 1 aliphatic carbocycles. The number of rotatable bonds is 3. The van der Waals surface area contributed by atoms with Gasteiger partial charge in [0.1, 0.15) is 0 Å². The summed E-state index contributed by atoms with van der Waals surface area (Å²) in [4.78, 5) is 3.59. The molecule has 1 rings (SSSR count). The molecule has 0 spiro atoms. The van der Waals surface area contributed by atoms with Crippen molar-refractivity contribution in [2.75, 3.05) is 18.9 Å². The first kappa shape index (κ1) is 19.1. The predicted octanol–water partition coefficient (Wildman–Crippen LogP) is 4.61. The van der Waals surface area contributed by atoms with Crippen LogP contribution in [0.15, 0.2) is 22.1 Å². The van der Waals surface area contributed by atoms with Gasteiger partial charge in [-0.15, -0.1) is 24.8 Å². The minimum absolute atomic E-state index is 0. The Morgan fingerprint density at radius 1 is 1.12 bits per heavy atom. The Balaban J connectivity index is 0. The van der Waals surface area contributed by atoms with Gasteiger partial charge in [0.2, 0.25) is 0 Å².